The van der Waals surface area contributed by atoms with Crippen molar-refractivity contribution in [1.82, 2.24) is 0 Å². The molecule has 0 atom stereocenters. The molecule has 0 aliphatic rings. The first-order chi connectivity index (χ1) is 10.5. The summed E-state index contributed by atoms with van der Waals surface area (Å²) in [4.78, 5) is 12.5. The maximum absolute atomic E-state index is 12.5. The molecule has 4 N–H and O–H groups in total. The summed E-state index contributed by atoms with van der Waals surface area (Å²) in [6.45, 7) is 0. The highest BCUT2D eigenvalue weighted by atomic mass is 16.5. The van der Waals surface area contributed by atoms with Crippen molar-refractivity contribution >= 4 is 16.7 Å². The second kappa shape index (κ2) is 5.00. The Bertz CT molecular complexity index is 912. The van der Waals surface area contributed by atoms with Crippen LogP contribution in [0.2, 0.25) is 0 Å². The molecule has 0 amide bonds. The van der Waals surface area contributed by atoms with Gasteiger partial charge in [-0.15, -0.1) is 0 Å². The van der Waals surface area contributed by atoms with Gasteiger partial charge >= 0.3 is 0 Å². The molecular formula is C16H13NO5. The van der Waals surface area contributed by atoms with Gasteiger partial charge in [0.15, 0.2) is 5.76 Å². The third-order valence-electron chi connectivity index (χ3n) is 3.29. The van der Waals surface area contributed by atoms with Crippen LogP contribution in [-0.2, 0) is 0 Å². The Morgan fingerprint density at radius 1 is 1.14 bits per heavy atom. The maximum atomic E-state index is 12.5. The SMILES string of the molecule is COc1c(-c2ccc(N)cc2)oc2cc(O)cc(O)c2c1=O. The molecule has 0 fully saturated rings. The molecule has 3 aromatic rings. The smallest absolute Gasteiger partial charge is 0.239 e. The fourth-order valence-electron chi connectivity index (χ4n) is 2.28. The summed E-state index contributed by atoms with van der Waals surface area (Å²) in [6, 6.07) is 9.03. The normalized spacial score (nSPS) is 10.8. The number of hydrogen-bond donors (Lipinski definition) is 3. The van der Waals surface area contributed by atoms with Gasteiger partial charge in [-0.1, -0.05) is 0 Å². The summed E-state index contributed by atoms with van der Waals surface area (Å²) in [6.07, 6.45) is 0. The second-order valence-electron chi connectivity index (χ2n) is 4.75. The molecule has 6 heteroatoms. The molecule has 6 nitrogen and oxygen atoms in total. The van der Waals surface area contributed by atoms with Crippen LogP contribution in [0, 0.1) is 0 Å². The van der Waals surface area contributed by atoms with E-state index in [4.69, 9.17) is 14.9 Å². The Kier molecular flexibility index (Phi) is 3.14. The highest BCUT2D eigenvalue weighted by Crippen LogP contribution is 2.35. The van der Waals surface area contributed by atoms with Crippen LogP contribution in [0.15, 0.2) is 45.6 Å². The van der Waals surface area contributed by atoms with E-state index < -0.39 is 5.43 Å². The van der Waals surface area contributed by atoms with Crippen LogP contribution in [0.4, 0.5) is 5.69 Å². The molecule has 0 unspecified atom stereocenters. The maximum Gasteiger partial charge on any atom is 0.239 e. The van der Waals surface area contributed by atoms with Gasteiger partial charge in [-0.05, 0) is 24.3 Å². The van der Waals surface area contributed by atoms with E-state index in [-0.39, 0.29) is 34.0 Å². The average Bonchev–Trinajstić information content (AvgIpc) is 2.47. The van der Waals surface area contributed by atoms with Crippen molar-refractivity contribution in [2.75, 3.05) is 12.8 Å². The average molecular weight is 299 g/mol. The number of aromatic hydroxyl groups is 2. The van der Waals surface area contributed by atoms with E-state index in [1.807, 2.05) is 0 Å². The van der Waals surface area contributed by atoms with Gasteiger partial charge in [0.2, 0.25) is 11.2 Å². The predicted octanol–water partition coefficient (Wildman–Crippen LogP) is 2.46. The van der Waals surface area contributed by atoms with Gasteiger partial charge in [-0.2, -0.15) is 0 Å². The minimum Gasteiger partial charge on any atom is -0.508 e. The van der Waals surface area contributed by atoms with Crippen LogP contribution in [0.5, 0.6) is 17.2 Å². The Balaban J connectivity index is 2.40. The van der Waals surface area contributed by atoms with Crippen LogP contribution in [0.1, 0.15) is 0 Å². The minimum absolute atomic E-state index is 0.0294. The summed E-state index contributed by atoms with van der Waals surface area (Å²) in [5, 5.41) is 19.4. The van der Waals surface area contributed by atoms with Crippen molar-refractivity contribution in [3.8, 4) is 28.6 Å². The van der Waals surface area contributed by atoms with Crippen molar-refractivity contribution in [2.45, 2.75) is 0 Å². The van der Waals surface area contributed by atoms with Gasteiger partial charge in [-0.3, -0.25) is 4.79 Å². The standard InChI is InChI=1S/C16H13NO5/c1-21-16-14(20)13-11(19)6-10(18)7-12(13)22-15(16)8-2-4-9(17)5-3-8/h2-7,18-19H,17H2,1H3. The van der Waals surface area contributed by atoms with Gasteiger partial charge in [-0.25, -0.2) is 0 Å². The Hall–Kier alpha value is -3.15. The summed E-state index contributed by atoms with van der Waals surface area (Å²) >= 11 is 0. The molecule has 0 spiro atoms. The van der Waals surface area contributed by atoms with E-state index in [0.29, 0.717) is 11.3 Å². The lowest BCUT2D eigenvalue weighted by molar-refractivity contribution is 0.397. The van der Waals surface area contributed by atoms with E-state index in [9.17, 15) is 15.0 Å². The van der Waals surface area contributed by atoms with Crippen LogP contribution in [0.25, 0.3) is 22.3 Å². The fourth-order valence-corrected chi connectivity index (χ4v) is 2.28. The summed E-state index contributed by atoms with van der Waals surface area (Å²) < 4.78 is 10.8. The predicted molar refractivity (Wildman–Crippen MR) is 82.2 cm³/mol. The molecule has 0 saturated heterocycles. The van der Waals surface area contributed by atoms with E-state index >= 15 is 0 Å². The van der Waals surface area contributed by atoms with E-state index in [0.717, 1.165) is 6.07 Å². The summed E-state index contributed by atoms with van der Waals surface area (Å²) in [5.74, 6) is -0.407. The number of methoxy groups -OCH3 is 1. The number of phenolic OH excluding ortho intramolecular Hbond substituents is 2. The number of phenols is 2. The van der Waals surface area contributed by atoms with E-state index in [1.165, 1.54) is 13.2 Å². The lowest BCUT2D eigenvalue weighted by atomic mass is 10.1. The number of nitrogens with two attached hydrogens (primary N) is 1. The van der Waals surface area contributed by atoms with Crippen molar-refractivity contribution < 1.29 is 19.4 Å². The monoisotopic (exact) mass is 299 g/mol. The topological polar surface area (TPSA) is 106 Å². The van der Waals surface area contributed by atoms with Crippen LogP contribution >= 0.6 is 0 Å². The molecule has 3 rings (SSSR count). The molecule has 0 bridgehead atoms. The number of hydrogen-bond acceptors (Lipinski definition) is 6. The first-order valence-electron chi connectivity index (χ1n) is 6.44. The lowest BCUT2D eigenvalue weighted by Gasteiger charge is -2.10. The third kappa shape index (κ3) is 2.10. The quantitative estimate of drug-likeness (QED) is 0.628. The highest BCUT2D eigenvalue weighted by molar-refractivity contribution is 5.88. The van der Waals surface area contributed by atoms with Crippen molar-refractivity contribution in [3.63, 3.8) is 0 Å². The van der Waals surface area contributed by atoms with Crippen molar-refractivity contribution in [3.05, 3.63) is 46.6 Å². The van der Waals surface area contributed by atoms with Crippen molar-refractivity contribution in [2.24, 2.45) is 0 Å². The Morgan fingerprint density at radius 3 is 2.45 bits per heavy atom. The molecule has 1 heterocycles. The zero-order chi connectivity index (χ0) is 15.9. The van der Waals surface area contributed by atoms with Gasteiger partial charge in [0.1, 0.15) is 22.5 Å². The first kappa shape index (κ1) is 13.8. The number of rotatable bonds is 2. The zero-order valence-electron chi connectivity index (χ0n) is 11.7. The number of ether oxygens (including phenoxy) is 1. The molecular weight excluding hydrogens is 286 g/mol. The van der Waals surface area contributed by atoms with Crippen LogP contribution in [0.3, 0.4) is 0 Å². The first-order valence-corrected chi connectivity index (χ1v) is 6.44. The van der Waals surface area contributed by atoms with Gasteiger partial charge in [0.25, 0.3) is 0 Å². The molecule has 0 aliphatic carbocycles. The second-order valence-corrected chi connectivity index (χ2v) is 4.75. The molecule has 0 aliphatic heterocycles. The van der Waals surface area contributed by atoms with Crippen LogP contribution < -0.4 is 15.9 Å². The van der Waals surface area contributed by atoms with Gasteiger partial charge in [0, 0.05) is 23.4 Å². The number of anilines is 1. The Morgan fingerprint density at radius 2 is 1.82 bits per heavy atom. The minimum atomic E-state index is -0.520. The van der Waals surface area contributed by atoms with Gasteiger partial charge in [0.05, 0.1) is 7.11 Å². The molecule has 1 aromatic heterocycles. The largest absolute Gasteiger partial charge is 0.508 e. The molecule has 22 heavy (non-hydrogen) atoms. The molecule has 112 valence electrons. The summed E-state index contributed by atoms with van der Waals surface area (Å²) in [7, 11) is 1.34. The molecule has 0 radical (unpaired) electrons. The number of fused-ring (bicyclic) bond motifs is 1. The lowest BCUT2D eigenvalue weighted by Crippen LogP contribution is -2.07. The fraction of sp³-hybridized carbons (Fsp3) is 0.0625. The molecule has 0 saturated carbocycles. The van der Waals surface area contributed by atoms with Crippen molar-refractivity contribution in [1.29, 1.82) is 0 Å². The Labute approximate surface area is 125 Å². The van der Waals surface area contributed by atoms with E-state index in [1.54, 1.807) is 24.3 Å². The molecule has 2 aromatic carbocycles. The highest BCUT2D eigenvalue weighted by Gasteiger charge is 2.19. The van der Waals surface area contributed by atoms with E-state index in [2.05, 4.69) is 0 Å². The number of benzene rings is 2. The van der Waals surface area contributed by atoms with Crippen LogP contribution in [-0.4, -0.2) is 17.3 Å². The summed E-state index contributed by atoms with van der Waals surface area (Å²) in [5.41, 5.74) is 6.35. The van der Waals surface area contributed by atoms with Gasteiger partial charge < -0.3 is 25.1 Å². The third-order valence-corrected chi connectivity index (χ3v) is 3.29. The number of nitrogen functional groups attached to an aromatic ring is 1. The zero-order valence-corrected chi connectivity index (χ0v) is 11.7.